The van der Waals surface area contributed by atoms with E-state index in [-0.39, 0.29) is 5.91 Å². The number of carbonyl (C=O) groups excluding carboxylic acids is 1. The minimum Gasteiger partial charge on any atom is -0.356 e. The van der Waals surface area contributed by atoms with Crippen molar-refractivity contribution in [2.24, 2.45) is 0 Å². The molecule has 0 fully saturated rings. The maximum atomic E-state index is 11.7. The number of aromatic amines is 1. The van der Waals surface area contributed by atoms with Crippen LogP contribution in [0.15, 0.2) is 35.1 Å². The summed E-state index contributed by atoms with van der Waals surface area (Å²) in [6.07, 6.45) is 3.37. The Bertz CT molecular complexity index is 527. The van der Waals surface area contributed by atoms with Crippen molar-refractivity contribution in [2.45, 2.75) is 19.3 Å². The molecule has 5 nitrogen and oxygen atoms in total. The standard InChI is InChI=1S/C13H15BrN4O/c14-11-3-1-2-10(8-11)4-5-13(19)15-7-6-12-16-9-17-18-12/h1-3,8-9H,4-7H2,(H,15,19)(H,16,17,18). The van der Waals surface area contributed by atoms with Gasteiger partial charge in [-0.15, -0.1) is 0 Å². The molecule has 2 rings (SSSR count). The summed E-state index contributed by atoms with van der Waals surface area (Å²) < 4.78 is 1.04. The van der Waals surface area contributed by atoms with Gasteiger partial charge in [0.15, 0.2) is 0 Å². The average molecular weight is 323 g/mol. The Labute approximate surface area is 120 Å². The first-order chi connectivity index (χ1) is 9.24. The van der Waals surface area contributed by atoms with Gasteiger partial charge in [0.25, 0.3) is 0 Å². The van der Waals surface area contributed by atoms with E-state index in [1.807, 2.05) is 24.3 Å². The van der Waals surface area contributed by atoms with E-state index < -0.39 is 0 Å². The Morgan fingerprint density at radius 3 is 3.00 bits per heavy atom. The summed E-state index contributed by atoms with van der Waals surface area (Å²) in [7, 11) is 0. The van der Waals surface area contributed by atoms with Gasteiger partial charge in [0.05, 0.1) is 0 Å². The predicted molar refractivity (Wildman–Crippen MR) is 75.6 cm³/mol. The van der Waals surface area contributed by atoms with Crippen LogP contribution in [0, 0.1) is 0 Å². The fourth-order valence-corrected chi connectivity index (χ4v) is 2.16. The van der Waals surface area contributed by atoms with Crippen molar-refractivity contribution < 1.29 is 4.79 Å². The molecule has 0 atom stereocenters. The Morgan fingerprint density at radius 2 is 2.26 bits per heavy atom. The molecule has 0 aliphatic carbocycles. The SMILES string of the molecule is O=C(CCc1cccc(Br)c1)NCCc1ncn[nH]1. The average Bonchev–Trinajstić information content (AvgIpc) is 2.90. The monoisotopic (exact) mass is 322 g/mol. The molecular weight excluding hydrogens is 308 g/mol. The lowest BCUT2D eigenvalue weighted by Crippen LogP contribution is -2.26. The quantitative estimate of drug-likeness (QED) is 0.852. The van der Waals surface area contributed by atoms with Crippen molar-refractivity contribution >= 4 is 21.8 Å². The van der Waals surface area contributed by atoms with Gasteiger partial charge in [-0.05, 0) is 24.1 Å². The number of nitrogens with zero attached hydrogens (tertiary/aromatic N) is 2. The third-order valence-corrected chi connectivity index (χ3v) is 3.17. The van der Waals surface area contributed by atoms with Gasteiger partial charge in [-0.25, -0.2) is 4.98 Å². The largest absolute Gasteiger partial charge is 0.356 e. The molecule has 0 radical (unpaired) electrons. The van der Waals surface area contributed by atoms with Crippen LogP contribution in [0.3, 0.4) is 0 Å². The fourth-order valence-electron chi connectivity index (χ4n) is 1.71. The topological polar surface area (TPSA) is 70.7 Å². The summed E-state index contributed by atoms with van der Waals surface area (Å²) in [5.74, 6) is 0.840. The highest BCUT2D eigenvalue weighted by molar-refractivity contribution is 9.10. The van der Waals surface area contributed by atoms with Crippen molar-refractivity contribution in [3.05, 3.63) is 46.5 Å². The number of H-pyrrole nitrogens is 1. The van der Waals surface area contributed by atoms with E-state index in [2.05, 4.69) is 36.4 Å². The Hall–Kier alpha value is -1.69. The second kappa shape index (κ2) is 7.04. The van der Waals surface area contributed by atoms with Crippen molar-refractivity contribution in [1.82, 2.24) is 20.5 Å². The highest BCUT2D eigenvalue weighted by Gasteiger charge is 2.03. The Morgan fingerprint density at radius 1 is 1.37 bits per heavy atom. The Kier molecular flexibility index (Phi) is 5.09. The lowest BCUT2D eigenvalue weighted by atomic mass is 10.1. The zero-order chi connectivity index (χ0) is 13.5. The Balaban J connectivity index is 1.67. The minimum atomic E-state index is 0.0551. The number of amides is 1. The number of aromatic nitrogens is 3. The molecule has 6 heteroatoms. The summed E-state index contributed by atoms with van der Waals surface area (Å²) in [4.78, 5) is 15.7. The number of benzene rings is 1. The number of nitrogens with one attached hydrogen (secondary N) is 2. The summed E-state index contributed by atoms with van der Waals surface area (Å²) in [6, 6.07) is 8.00. The molecule has 1 heterocycles. The molecule has 0 aliphatic rings. The van der Waals surface area contributed by atoms with Gasteiger partial charge >= 0.3 is 0 Å². The third kappa shape index (κ3) is 4.82. The lowest BCUT2D eigenvalue weighted by Gasteiger charge is -2.04. The minimum absolute atomic E-state index is 0.0551. The molecule has 2 N–H and O–H groups in total. The van der Waals surface area contributed by atoms with Crippen molar-refractivity contribution in [1.29, 1.82) is 0 Å². The molecule has 100 valence electrons. The van der Waals surface area contributed by atoms with Gasteiger partial charge in [0.2, 0.25) is 5.91 Å². The van der Waals surface area contributed by atoms with Crippen molar-refractivity contribution in [3.8, 4) is 0 Å². The van der Waals surface area contributed by atoms with E-state index in [0.29, 0.717) is 19.4 Å². The van der Waals surface area contributed by atoms with Crippen molar-refractivity contribution in [3.63, 3.8) is 0 Å². The summed E-state index contributed by atoms with van der Waals surface area (Å²) in [6.45, 7) is 0.576. The fraction of sp³-hybridized carbons (Fsp3) is 0.308. The zero-order valence-electron chi connectivity index (χ0n) is 10.4. The highest BCUT2D eigenvalue weighted by atomic mass is 79.9. The number of aryl methyl sites for hydroxylation is 1. The van der Waals surface area contributed by atoms with E-state index in [0.717, 1.165) is 22.3 Å². The molecule has 0 bridgehead atoms. The molecule has 1 amide bonds. The number of carbonyl (C=O) groups is 1. The molecule has 2 aromatic rings. The predicted octanol–water partition coefficient (Wildman–Crippen LogP) is 1.86. The van der Waals surface area contributed by atoms with Crippen LogP contribution in [0.5, 0.6) is 0 Å². The molecule has 1 aromatic carbocycles. The normalized spacial score (nSPS) is 10.4. The molecule has 19 heavy (non-hydrogen) atoms. The van der Waals surface area contributed by atoms with Crippen LogP contribution in [0.2, 0.25) is 0 Å². The third-order valence-electron chi connectivity index (χ3n) is 2.68. The van der Waals surface area contributed by atoms with Gasteiger partial charge < -0.3 is 5.32 Å². The smallest absolute Gasteiger partial charge is 0.220 e. The summed E-state index contributed by atoms with van der Waals surface area (Å²) in [5, 5.41) is 9.38. The van der Waals surface area contributed by atoms with E-state index in [1.54, 1.807) is 0 Å². The maximum absolute atomic E-state index is 11.7. The lowest BCUT2D eigenvalue weighted by molar-refractivity contribution is -0.121. The second-order valence-corrected chi connectivity index (χ2v) is 5.08. The molecule has 0 unspecified atom stereocenters. The van der Waals surface area contributed by atoms with E-state index in [1.165, 1.54) is 6.33 Å². The van der Waals surface area contributed by atoms with Crippen LogP contribution < -0.4 is 5.32 Å². The van der Waals surface area contributed by atoms with Gasteiger partial charge in [-0.2, -0.15) is 5.10 Å². The number of rotatable bonds is 6. The van der Waals surface area contributed by atoms with Crippen LogP contribution in [0.25, 0.3) is 0 Å². The molecule has 0 spiro atoms. The van der Waals surface area contributed by atoms with Crippen LogP contribution >= 0.6 is 15.9 Å². The second-order valence-electron chi connectivity index (χ2n) is 4.16. The molecule has 0 aliphatic heterocycles. The van der Waals surface area contributed by atoms with E-state index >= 15 is 0 Å². The van der Waals surface area contributed by atoms with Crippen LogP contribution in [0.1, 0.15) is 17.8 Å². The van der Waals surface area contributed by atoms with E-state index in [9.17, 15) is 4.79 Å². The molecule has 1 aromatic heterocycles. The van der Waals surface area contributed by atoms with Gasteiger partial charge in [-0.1, -0.05) is 28.1 Å². The first kappa shape index (κ1) is 13.7. The van der Waals surface area contributed by atoms with Crippen molar-refractivity contribution in [2.75, 3.05) is 6.54 Å². The maximum Gasteiger partial charge on any atom is 0.220 e. The molecular formula is C13H15BrN4O. The van der Waals surface area contributed by atoms with Gasteiger partial charge in [0, 0.05) is 23.9 Å². The van der Waals surface area contributed by atoms with Gasteiger partial charge in [0.1, 0.15) is 12.2 Å². The first-order valence-electron chi connectivity index (χ1n) is 6.09. The van der Waals surface area contributed by atoms with Crippen LogP contribution in [-0.4, -0.2) is 27.6 Å². The summed E-state index contributed by atoms with van der Waals surface area (Å²) >= 11 is 3.42. The first-order valence-corrected chi connectivity index (χ1v) is 6.89. The zero-order valence-corrected chi connectivity index (χ0v) is 12.0. The molecule has 0 saturated heterocycles. The number of hydrogen-bond acceptors (Lipinski definition) is 3. The van der Waals surface area contributed by atoms with E-state index in [4.69, 9.17) is 0 Å². The van der Waals surface area contributed by atoms with Crippen LogP contribution in [-0.2, 0) is 17.6 Å². The summed E-state index contributed by atoms with van der Waals surface area (Å²) in [5.41, 5.74) is 1.15. The molecule has 0 saturated carbocycles. The number of hydrogen-bond donors (Lipinski definition) is 2. The van der Waals surface area contributed by atoms with Crippen LogP contribution in [0.4, 0.5) is 0 Å². The highest BCUT2D eigenvalue weighted by Crippen LogP contribution is 2.12. The number of halogens is 1. The van der Waals surface area contributed by atoms with Gasteiger partial charge in [-0.3, -0.25) is 9.89 Å².